The molecule has 2 aromatic rings. The minimum atomic E-state index is 0.160. The number of nitrogens with zero attached hydrogens (tertiary/aromatic N) is 2. The summed E-state index contributed by atoms with van der Waals surface area (Å²) in [4.78, 5) is 5.67. The van der Waals surface area contributed by atoms with Crippen LogP contribution in [0, 0.1) is 0 Å². The molecule has 0 radical (unpaired) electrons. The lowest BCUT2D eigenvalue weighted by atomic mass is 10.2. The van der Waals surface area contributed by atoms with E-state index < -0.39 is 0 Å². The van der Waals surface area contributed by atoms with Crippen LogP contribution in [0.2, 0.25) is 0 Å². The van der Waals surface area contributed by atoms with Crippen LogP contribution in [0.25, 0.3) is 0 Å². The van der Waals surface area contributed by atoms with E-state index >= 15 is 0 Å². The lowest BCUT2D eigenvalue weighted by molar-refractivity contribution is 0.00267. The van der Waals surface area contributed by atoms with Gasteiger partial charge in [0.05, 0.1) is 12.2 Å². The molecule has 1 aliphatic heterocycles. The molecule has 1 aliphatic rings. The van der Waals surface area contributed by atoms with Gasteiger partial charge in [0, 0.05) is 17.6 Å². The van der Waals surface area contributed by atoms with Crippen molar-refractivity contribution in [1.29, 1.82) is 0 Å². The van der Waals surface area contributed by atoms with Gasteiger partial charge in [-0.05, 0) is 11.4 Å². The molecule has 3 heterocycles. The van der Waals surface area contributed by atoms with Crippen molar-refractivity contribution < 1.29 is 4.74 Å². The van der Waals surface area contributed by atoms with E-state index in [1.165, 1.54) is 4.88 Å². The molecule has 2 aromatic heterocycles. The number of rotatable bonds is 2. The number of hydrogen-bond acceptors (Lipinski definition) is 4. The Morgan fingerprint density at radius 1 is 1.62 bits per heavy atom. The van der Waals surface area contributed by atoms with Crippen molar-refractivity contribution in [3.63, 3.8) is 0 Å². The Labute approximate surface area is 97.7 Å². The number of ether oxygens (including phenoxy) is 1. The molecule has 1 atom stereocenters. The fraction of sp³-hybridized carbons (Fsp3) is 0.364. The first-order chi connectivity index (χ1) is 7.86. The Bertz CT molecular complexity index is 477. The Balaban J connectivity index is 1.85. The Hall–Kier alpha value is -1.17. The average molecular weight is 235 g/mol. The third-order valence-electron chi connectivity index (χ3n) is 2.75. The predicted molar refractivity (Wildman–Crippen MR) is 62.0 cm³/mol. The first-order valence-electron chi connectivity index (χ1n) is 5.27. The first kappa shape index (κ1) is 10.0. The van der Waals surface area contributed by atoms with E-state index in [0.29, 0.717) is 13.2 Å². The molecule has 3 rings (SSSR count). The molecule has 0 amide bonds. The van der Waals surface area contributed by atoms with Gasteiger partial charge in [0.15, 0.2) is 0 Å². The lowest BCUT2D eigenvalue weighted by Crippen LogP contribution is -2.20. The van der Waals surface area contributed by atoms with Crippen LogP contribution >= 0.6 is 11.3 Å². The smallest absolute Gasteiger partial charge is 0.135 e. The topological polar surface area (TPSA) is 53.1 Å². The van der Waals surface area contributed by atoms with Gasteiger partial charge < -0.3 is 15.0 Å². The highest BCUT2D eigenvalue weighted by atomic mass is 32.1. The number of hydrogen-bond donors (Lipinski definition) is 1. The zero-order valence-corrected chi connectivity index (χ0v) is 9.61. The number of thiophene rings is 1. The Morgan fingerprint density at radius 3 is 3.31 bits per heavy atom. The van der Waals surface area contributed by atoms with E-state index in [4.69, 9.17) is 10.5 Å². The molecule has 0 bridgehead atoms. The first-order valence-corrected chi connectivity index (χ1v) is 6.15. The van der Waals surface area contributed by atoms with Crippen molar-refractivity contribution in [3.8, 4) is 0 Å². The fourth-order valence-corrected chi connectivity index (χ4v) is 2.70. The molecule has 0 aromatic carbocycles. The van der Waals surface area contributed by atoms with Gasteiger partial charge in [-0.25, -0.2) is 4.98 Å². The summed E-state index contributed by atoms with van der Waals surface area (Å²) in [5.41, 5.74) is 6.51. The van der Waals surface area contributed by atoms with Crippen LogP contribution in [0.15, 0.2) is 23.7 Å². The van der Waals surface area contributed by atoms with Gasteiger partial charge in [-0.1, -0.05) is 6.07 Å². The van der Waals surface area contributed by atoms with Crippen LogP contribution in [0.1, 0.15) is 22.5 Å². The number of imidazole rings is 1. The summed E-state index contributed by atoms with van der Waals surface area (Å²) in [5, 5.41) is 2.08. The molecule has 16 heavy (non-hydrogen) atoms. The van der Waals surface area contributed by atoms with Gasteiger partial charge in [0.25, 0.3) is 0 Å². The van der Waals surface area contributed by atoms with Gasteiger partial charge in [-0.3, -0.25) is 0 Å². The summed E-state index contributed by atoms with van der Waals surface area (Å²) in [7, 11) is 0. The molecular weight excluding hydrogens is 222 g/mol. The minimum Gasteiger partial charge on any atom is -0.363 e. The zero-order chi connectivity index (χ0) is 11.0. The van der Waals surface area contributed by atoms with E-state index in [2.05, 4.69) is 27.1 Å². The zero-order valence-electron chi connectivity index (χ0n) is 8.80. The molecule has 5 heteroatoms. The summed E-state index contributed by atoms with van der Waals surface area (Å²) in [5.74, 6) is 0.980. The largest absolute Gasteiger partial charge is 0.363 e. The second-order valence-electron chi connectivity index (χ2n) is 3.82. The fourth-order valence-electron chi connectivity index (χ4n) is 1.94. The van der Waals surface area contributed by atoms with Crippen LogP contribution in [0.4, 0.5) is 0 Å². The predicted octanol–water partition coefficient (Wildman–Crippen LogP) is 1.67. The molecule has 0 unspecified atom stereocenters. The van der Waals surface area contributed by atoms with Gasteiger partial charge >= 0.3 is 0 Å². The maximum Gasteiger partial charge on any atom is 0.135 e. The Morgan fingerprint density at radius 2 is 2.56 bits per heavy atom. The summed E-state index contributed by atoms with van der Waals surface area (Å²) in [6, 6.07) is 4.17. The van der Waals surface area contributed by atoms with E-state index in [1.54, 1.807) is 11.3 Å². The normalized spacial score (nSPS) is 19.7. The minimum absolute atomic E-state index is 0.160. The van der Waals surface area contributed by atoms with Crippen LogP contribution in [0.3, 0.4) is 0 Å². The molecule has 2 N–H and O–H groups in total. The number of fused-ring (bicyclic) bond motifs is 1. The standard InChI is InChI=1S/C11H13N3OS/c12-4-8-5-14-6-9(10-2-1-3-16-10)15-7-11(14)13-8/h1-3,5,9H,4,6-7,12H2/t9-/m0/s1. The quantitative estimate of drug-likeness (QED) is 0.861. The number of aromatic nitrogens is 2. The van der Waals surface area contributed by atoms with Crippen LogP contribution in [0.5, 0.6) is 0 Å². The van der Waals surface area contributed by atoms with Crippen molar-refractivity contribution >= 4 is 11.3 Å². The summed E-state index contributed by atoms with van der Waals surface area (Å²) < 4.78 is 7.94. The molecule has 0 aliphatic carbocycles. The highest BCUT2D eigenvalue weighted by molar-refractivity contribution is 7.10. The van der Waals surface area contributed by atoms with Gasteiger partial charge in [-0.2, -0.15) is 0 Å². The summed E-state index contributed by atoms with van der Waals surface area (Å²) in [6.45, 7) is 1.90. The van der Waals surface area contributed by atoms with Crippen molar-refractivity contribution in [2.75, 3.05) is 0 Å². The van der Waals surface area contributed by atoms with Gasteiger partial charge in [-0.15, -0.1) is 11.3 Å². The maximum atomic E-state index is 5.79. The third kappa shape index (κ3) is 1.67. The molecule has 0 spiro atoms. The highest BCUT2D eigenvalue weighted by Crippen LogP contribution is 2.29. The molecule has 0 saturated carbocycles. The van der Waals surface area contributed by atoms with Gasteiger partial charge in [0.1, 0.15) is 18.5 Å². The molecular formula is C11H13N3OS. The molecule has 4 nitrogen and oxygen atoms in total. The van der Waals surface area contributed by atoms with Crippen molar-refractivity contribution in [1.82, 2.24) is 9.55 Å². The van der Waals surface area contributed by atoms with E-state index in [-0.39, 0.29) is 6.10 Å². The van der Waals surface area contributed by atoms with Crippen molar-refractivity contribution in [2.24, 2.45) is 5.73 Å². The lowest BCUT2D eigenvalue weighted by Gasteiger charge is -2.23. The molecule has 0 saturated heterocycles. The van der Waals surface area contributed by atoms with Crippen LogP contribution in [-0.4, -0.2) is 9.55 Å². The highest BCUT2D eigenvalue weighted by Gasteiger charge is 2.22. The molecule has 0 fully saturated rings. The van der Waals surface area contributed by atoms with Crippen LogP contribution < -0.4 is 5.73 Å². The van der Waals surface area contributed by atoms with Crippen molar-refractivity contribution in [2.45, 2.75) is 25.8 Å². The second kappa shape index (κ2) is 4.01. The van der Waals surface area contributed by atoms with Crippen molar-refractivity contribution in [3.05, 3.63) is 40.1 Å². The molecule has 84 valence electrons. The monoisotopic (exact) mass is 235 g/mol. The SMILES string of the molecule is NCc1cn2c(n1)CO[C@H](c1cccs1)C2. The van der Waals surface area contributed by atoms with E-state index in [0.717, 1.165) is 18.1 Å². The third-order valence-corrected chi connectivity index (χ3v) is 3.72. The summed E-state index contributed by atoms with van der Waals surface area (Å²) in [6.07, 6.45) is 2.19. The van der Waals surface area contributed by atoms with Gasteiger partial charge in [0.2, 0.25) is 0 Å². The van der Waals surface area contributed by atoms with E-state index in [1.807, 2.05) is 6.20 Å². The number of nitrogens with two attached hydrogens (primary N) is 1. The average Bonchev–Trinajstić information content (AvgIpc) is 2.96. The van der Waals surface area contributed by atoms with E-state index in [9.17, 15) is 0 Å². The summed E-state index contributed by atoms with van der Waals surface area (Å²) >= 11 is 1.73. The maximum absolute atomic E-state index is 5.79. The Kier molecular flexibility index (Phi) is 2.51. The second-order valence-corrected chi connectivity index (χ2v) is 4.80. The van der Waals surface area contributed by atoms with Crippen LogP contribution in [-0.2, 0) is 24.4 Å².